The van der Waals surface area contributed by atoms with E-state index in [1.54, 1.807) is 6.92 Å². The number of fused-ring (bicyclic) bond motifs is 1. The van der Waals surface area contributed by atoms with Crippen LogP contribution in [-0.2, 0) is 4.74 Å². The number of aromatic amines is 1. The molecule has 0 aromatic carbocycles. The first-order valence-electron chi connectivity index (χ1n) is 4.99. The highest BCUT2D eigenvalue weighted by atomic mass is 79.9. The zero-order chi connectivity index (χ0) is 14.2. The van der Waals surface area contributed by atoms with Crippen molar-refractivity contribution in [3.05, 3.63) is 30.1 Å². The van der Waals surface area contributed by atoms with Crippen molar-refractivity contribution in [3.63, 3.8) is 0 Å². The third-order valence-electron chi connectivity index (χ3n) is 2.15. The van der Waals surface area contributed by atoms with Crippen LogP contribution in [0.2, 0.25) is 0 Å². The molecule has 0 aliphatic carbocycles. The smallest absolute Gasteiger partial charge is 0.374 e. The van der Waals surface area contributed by atoms with E-state index in [0.29, 0.717) is 0 Å². The van der Waals surface area contributed by atoms with Gasteiger partial charge in [0, 0.05) is 0 Å². The van der Waals surface area contributed by atoms with Gasteiger partial charge in [-0.25, -0.2) is 9.78 Å². The van der Waals surface area contributed by atoms with Gasteiger partial charge in [0.25, 0.3) is 5.56 Å². The van der Waals surface area contributed by atoms with Gasteiger partial charge in [0.15, 0.2) is 9.17 Å². The molecule has 0 aliphatic rings. The second kappa shape index (κ2) is 5.05. The molecule has 2 aromatic heterocycles. The summed E-state index contributed by atoms with van der Waals surface area (Å²) in [6, 6.07) is 0. The molecular formula is C9H6BrN3O5S. The molecule has 0 fully saturated rings. The number of esters is 1. The van der Waals surface area contributed by atoms with Crippen molar-refractivity contribution >= 4 is 49.1 Å². The van der Waals surface area contributed by atoms with Crippen LogP contribution in [-0.4, -0.2) is 27.5 Å². The standard InChI is InChI=1S/C9H6BrN3O5S/c1-2-18-9(15)6-11-7(14)3-4(13(16)17)5(10)19-8(3)12-6/h2H2,1H3,(H,11,12,14). The van der Waals surface area contributed by atoms with E-state index >= 15 is 0 Å². The predicted molar refractivity (Wildman–Crippen MR) is 70.6 cm³/mol. The van der Waals surface area contributed by atoms with Gasteiger partial charge in [-0.15, -0.1) is 11.3 Å². The summed E-state index contributed by atoms with van der Waals surface area (Å²) < 4.78 is 4.88. The van der Waals surface area contributed by atoms with E-state index in [4.69, 9.17) is 4.74 Å². The van der Waals surface area contributed by atoms with Crippen molar-refractivity contribution in [2.45, 2.75) is 6.92 Å². The first-order valence-corrected chi connectivity index (χ1v) is 6.60. The molecule has 0 atom stereocenters. The molecule has 0 unspecified atom stereocenters. The van der Waals surface area contributed by atoms with Gasteiger partial charge in [0.05, 0.1) is 11.5 Å². The summed E-state index contributed by atoms with van der Waals surface area (Å²) >= 11 is 3.91. The molecule has 0 spiro atoms. The highest BCUT2D eigenvalue weighted by Gasteiger charge is 2.26. The predicted octanol–water partition coefficient (Wildman–Crippen LogP) is 1.83. The average Bonchev–Trinajstić information content (AvgIpc) is 2.66. The number of aromatic nitrogens is 2. The second-order valence-electron chi connectivity index (χ2n) is 3.30. The number of nitrogens with zero attached hydrogens (tertiary/aromatic N) is 2. The van der Waals surface area contributed by atoms with Gasteiger partial charge in [-0.1, -0.05) is 0 Å². The van der Waals surface area contributed by atoms with Gasteiger partial charge in [0.2, 0.25) is 5.82 Å². The summed E-state index contributed by atoms with van der Waals surface area (Å²) in [6.45, 7) is 1.75. The molecule has 100 valence electrons. The van der Waals surface area contributed by atoms with E-state index in [2.05, 4.69) is 25.9 Å². The molecule has 0 saturated carbocycles. The minimum absolute atomic E-state index is 0.102. The Balaban J connectivity index is 2.70. The molecule has 2 aromatic rings. The lowest BCUT2D eigenvalue weighted by Crippen LogP contribution is -2.17. The van der Waals surface area contributed by atoms with Crippen molar-refractivity contribution in [3.8, 4) is 0 Å². The van der Waals surface area contributed by atoms with Gasteiger partial charge in [-0.05, 0) is 22.9 Å². The fourth-order valence-corrected chi connectivity index (χ4v) is 3.10. The fraction of sp³-hybridized carbons (Fsp3) is 0.222. The number of rotatable bonds is 3. The second-order valence-corrected chi connectivity index (χ2v) is 5.61. The van der Waals surface area contributed by atoms with E-state index in [1.807, 2.05) is 0 Å². The number of nitrogens with one attached hydrogen (secondary N) is 1. The highest BCUT2D eigenvalue weighted by Crippen LogP contribution is 2.38. The topological polar surface area (TPSA) is 115 Å². The molecule has 0 amide bonds. The number of H-pyrrole nitrogens is 1. The summed E-state index contributed by atoms with van der Waals surface area (Å²) in [4.78, 5) is 39.7. The molecule has 0 radical (unpaired) electrons. The lowest BCUT2D eigenvalue weighted by Gasteiger charge is -1.99. The zero-order valence-electron chi connectivity index (χ0n) is 9.43. The summed E-state index contributed by atoms with van der Waals surface area (Å²) in [7, 11) is 0. The van der Waals surface area contributed by atoms with Crippen LogP contribution in [0.3, 0.4) is 0 Å². The largest absolute Gasteiger partial charge is 0.460 e. The molecule has 8 nitrogen and oxygen atoms in total. The van der Waals surface area contributed by atoms with Crippen molar-refractivity contribution in [1.29, 1.82) is 0 Å². The van der Waals surface area contributed by atoms with Crippen LogP contribution in [0.15, 0.2) is 8.58 Å². The molecular weight excluding hydrogens is 342 g/mol. The number of halogens is 1. The Kier molecular flexibility index (Phi) is 3.62. The number of nitro groups is 1. The van der Waals surface area contributed by atoms with Gasteiger partial charge in [0.1, 0.15) is 4.83 Å². The van der Waals surface area contributed by atoms with Gasteiger partial charge < -0.3 is 9.72 Å². The van der Waals surface area contributed by atoms with Crippen LogP contribution in [0, 0.1) is 10.1 Å². The molecule has 0 saturated heterocycles. The van der Waals surface area contributed by atoms with E-state index in [0.717, 1.165) is 11.3 Å². The minimum Gasteiger partial charge on any atom is -0.460 e. The van der Waals surface area contributed by atoms with Crippen molar-refractivity contribution in [2.24, 2.45) is 0 Å². The molecule has 10 heteroatoms. The first kappa shape index (κ1) is 13.6. The molecule has 2 rings (SSSR count). The third-order valence-corrected chi connectivity index (χ3v) is 3.87. The maximum absolute atomic E-state index is 11.8. The Morgan fingerprint density at radius 1 is 1.63 bits per heavy atom. The Labute approximate surface area is 117 Å². The molecule has 1 N–H and O–H groups in total. The zero-order valence-corrected chi connectivity index (χ0v) is 11.8. The van der Waals surface area contributed by atoms with Gasteiger partial charge >= 0.3 is 11.7 Å². The van der Waals surface area contributed by atoms with Crippen LogP contribution in [0.25, 0.3) is 10.2 Å². The van der Waals surface area contributed by atoms with E-state index in [1.165, 1.54) is 0 Å². The molecule has 0 bridgehead atoms. The fourth-order valence-electron chi connectivity index (χ4n) is 1.43. The quantitative estimate of drug-likeness (QED) is 0.514. The number of hydrogen-bond donors (Lipinski definition) is 1. The first-order chi connectivity index (χ1) is 8.95. The van der Waals surface area contributed by atoms with Crippen LogP contribution in [0.5, 0.6) is 0 Å². The summed E-state index contributed by atoms with van der Waals surface area (Å²) in [5, 5.41) is 10.7. The number of carbonyl (C=O) groups excluding carboxylic acids is 1. The monoisotopic (exact) mass is 347 g/mol. The molecule has 2 heterocycles. The Hall–Kier alpha value is -1.81. The van der Waals surface area contributed by atoms with Crippen molar-refractivity contribution < 1.29 is 14.5 Å². The Morgan fingerprint density at radius 2 is 2.32 bits per heavy atom. The number of hydrogen-bond acceptors (Lipinski definition) is 7. The normalized spacial score (nSPS) is 10.6. The molecule has 0 aliphatic heterocycles. The average molecular weight is 348 g/mol. The van der Waals surface area contributed by atoms with Gasteiger partial charge in [-0.2, -0.15) is 0 Å². The van der Waals surface area contributed by atoms with Crippen molar-refractivity contribution in [1.82, 2.24) is 9.97 Å². The molecule has 19 heavy (non-hydrogen) atoms. The van der Waals surface area contributed by atoms with Crippen LogP contribution >= 0.6 is 27.3 Å². The maximum Gasteiger partial charge on any atom is 0.374 e. The summed E-state index contributed by atoms with van der Waals surface area (Å²) in [6.07, 6.45) is 0. The Bertz CT molecular complexity index is 737. The van der Waals surface area contributed by atoms with Crippen molar-refractivity contribution in [2.75, 3.05) is 6.61 Å². The number of carbonyl (C=O) groups is 1. The highest BCUT2D eigenvalue weighted by molar-refractivity contribution is 9.11. The summed E-state index contributed by atoms with van der Waals surface area (Å²) in [5.74, 6) is -1.06. The maximum atomic E-state index is 11.8. The van der Waals surface area contributed by atoms with E-state index in [9.17, 15) is 19.7 Å². The third kappa shape index (κ3) is 2.36. The summed E-state index contributed by atoms with van der Waals surface area (Å²) in [5.41, 5.74) is -1.11. The van der Waals surface area contributed by atoms with E-state index < -0.39 is 16.5 Å². The van der Waals surface area contributed by atoms with Crippen LogP contribution < -0.4 is 5.56 Å². The van der Waals surface area contributed by atoms with Crippen LogP contribution in [0.4, 0.5) is 5.69 Å². The lowest BCUT2D eigenvalue weighted by molar-refractivity contribution is -0.383. The van der Waals surface area contributed by atoms with E-state index in [-0.39, 0.29) is 32.1 Å². The van der Waals surface area contributed by atoms with Crippen LogP contribution in [0.1, 0.15) is 17.5 Å². The lowest BCUT2D eigenvalue weighted by atomic mass is 10.3. The Morgan fingerprint density at radius 3 is 2.89 bits per heavy atom. The number of ether oxygens (including phenoxy) is 1. The minimum atomic E-state index is -0.784. The SMILES string of the molecule is CCOC(=O)c1nc2sc(Br)c([N+](=O)[O-])c2c(=O)[nH]1. The number of thiophene rings is 1. The van der Waals surface area contributed by atoms with Gasteiger partial charge in [-0.3, -0.25) is 14.9 Å².